The molecule has 0 saturated carbocycles. The van der Waals surface area contributed by atoms with E-state index in [4.69, 9.17) is 5.11 Å². The molecule has 0 aromatic carbocycles. The highest BCUT2D eigenvalue weighted by Gasteiger charge is 2.30. The van der Waals surface area contributed by atoms with Crippen LogP contribution in [0.3, 0.4) is 0 Å². The van der Waals surface area contributed by atoms with Crippen LogP contribution in [0.1, 0.15) is 51.5 Å². The maximum absolute atomic E-state index is 12.6. The highest BCUT2D eigenvalue weighted by molar-refractivity contribution is 7.10. The van der Waals surface area contributed by atoms with Crippen LogP contribution in [0, 0.1) is 5.41 Å². The number of amides is 1. The van der Waals surface area contributed by atoms with Gasteiger partial charge in [0.15, 0.2) is 0 Å². The fraction of sp³-hybridized carbons (Fsp3) is 0.700. The van der Waals surface area contributed by atoms with Gasteiger partial charge in [-0.3, -0.25) is 19.4 Å². The maximum atomic E-state index is 12.6. The molecular formula is C20H33N3O3S. The SMILES string of the molecule is CCN(CC(=O)O)C1CCN(CC(=O)NC(c2cccs2)C(C)(C)C)CC1. The fourth-order valence-corrected chi connectivity index (χ4v) is 4.72. The van der Waals surface area contributed by atoms with Gasteiger partial charge < -0.3 is 10.4 Å². The number of nitrogens with zero attached hydrogens (tertiary/aromatic N) is 2. The van der Waals surface area contributed by atoms with Gasteiger partial charge in [-0.2, -0.15) is 0 Å². The molecule has 2 rings (SSSR count). The molecule has 0 radical (unpaired) electrons. The Kier molecular flexibility index (Phi) is 7.82. The molecule has 1 atom stereocenters. The summed E-state index contributed by atoms with van der Waals surface area (Å²) >= 11 is 1.67. The first-order valence-corrected chi connectivity index (χ1v) is 10.6. The number of nitrogens with one attached hydrogen (secondary N) is 1. The minimum atomic E-state index is -0.777. The molecule has 27 heavy (non-hydrogen) atoms. The van der Waals surface area contributed by atoms with E-state index in [1.165, 1.54) is 4.88 Å². The third-order valence-corrected chi connectivity index (χ3v) is 6.12. The van der Waals surface area contributed by atoms with Crippen LogP contribution in [0.2, 0.25) is 0 Å². The molecule has 1 amide bonds. The van der Waals surface area contributed by atoms with Crippen LogP contribution < -0.4 is 5.32 Å². The molecule has 7 heteroatoms. The number of rotatable bonds is 8. The zero-order valence-electron chi connectivity index (χ0n) is 16.9. The number of hydrogen-bond donors (Lipinski definition) is 2. The first kappa shape index (κ1) is 21.9. The standard InChI is InChI=1S/C20H33N3O3S/c1-5-23(14-18(25)26)15-8-10-22(11-9-15)13-17(24)21-19(20(2,3)4)16-7-6-12-27-16/h6-7,12,15,19H,5,8-11,13-14H2,1-4H3,(H,21,24)(H,25,26). The van der Waals surface area contributed by atoms with E-state index in [2.05, 4.69) is 37.1 Å². The molecule has 1 saturated heterocycles. The maximum Gasteiger partial charge on any atom is 0.317 e. The number of thiophene rings is 1. The number of carbonyl (C=O) groups excluding carboxylic acids is 1. The van der Waals surface area contributed by atoms with Gasteiger partial charge in [-0.25, -0.2) is 0 Å². The summed E-state index contributed by atoms with van der Waals surface area (Å²) in [6, 6.07) is 4.40. The van der Waals surface area contributed by atoms with E-state index in [1.54, 1.807) is 11.3 Å². The summed E-state index contributed by atoms with van der Waals surface area (Å²) in [6.07, 6.45) is 1.81. The quantitative estimate of drug-likeness (QED) is 0.708. The predicted molar refractivity (Wildman–Crippen MR) is 109 cm³/mol. The summed E-state index contributed by atoms with van der Waals surface area (Å²) in [6.45, 7) is 11.3. The molecule has 6 nitrogen and oxygen atoms in total. The second-order valence-electron chi connectivity index (χ2n) is 8.35. The molecule has 1 fully saturated rings. The van der Waals surface area contributed by atoms with Crippen molar-refractivity contribution in [1.82, 2.24) is 15.1 Å². The van der Waals surface area contributed by atoms with Crippen molar-refractivity contribution in [1.29, 1.82) is 0 Å². The number of carbonyl (C=O) groups is 2. The fourth-order valence-electron chi connectivity index (χ4n) is 3.70. The minimum absolute atomic E-state index is 0.00804. The molecule has 152 valence electrons. The first-order valence-electron chi connectivity index (χ1n) is 9.71. The van der Waals surface area contributed by atoms with Crippen molar-refractivity contribution >= 4 is 23.2 Å². The van der Waals surface area contributed by atoms with Gasteiger partial charge in [0.25, 0.3) is 0 Å². The van der Waals surface area contributed by atoms with E-state index in [-0.39, 0.29) is 23.9 Å². The van der Waals surface area contributed by atoms with Gasteiger partial charge in [0.1, 0.15) is 0 Å². The largest absolute Gasteiger partial charge is 0.480 e. The van der Waals surface area contributed by atoms with Crippen molar-refractivity contribution in [3.05, 3.63) is 22.4 Å². The summed E-state index contributed by atoms with van der Waals surface area (Å²) in [5.41, 5.74) is -0.0496. The van der Waals surface area contributed by atoms with Crippen LogP contribution in [-0.4, -0.2) is 65.5 Å². The summed E-state index contributed by atoms with van der Waals surface area (Å²) in [4.78, 5) is 29.0. The topological polar surface area (TPSA) is 72.9 Å². The predicted octanol–water partition coefficient (Wildman–Crippen LogP) is 2.82. The molecule has 1 aromatic heterocycles. The average molecular weight is 396 g/mol. The molecule has 1 aliphatic rings. The highest BCUT2D eigenvalue weighted by atomic mass is 32.1. The molecule has 2 N–H and O–H groups in total. The van der Waals surface area contributed by atoms with Gasteiger partial charge in [0.05, 0.1) is 19.1 Å². The number of carboxylic acids is 1. The highest BCUT2D eigenvalue weighted by Crippen LogP contribution is 2.35. The molecule has 0 bridgehead atoms. The van der Waals surface area contributed by atoms with Gasteiger partial charge in [-0.1, -0.05) is 33.8 Å². The van der Waals surface area contributed by atoms with Crippen molar-refractivity contribution in [2.24, 2.45) is 5.41 Å². The Bertz CT molecular complexity index is 604. The number of likely N-dealkylation sites (tertiary alicyclic amines) is 1. The number of aliphatic carboxylic acids is 1. The van der Waals surface area contributed by atoms with E-state index in [9.17, 15) is 9.59 Å². The smallest absolute Gasteiger partial charge is 0.317 e. The van der Waals surface area contributed by atoms with Crippen LogP contribution in [0.4, 0.5) is 0 Å². The third-order valence-electron chi connectivity index (χ3n) is 5.18. The molecule has 1 aliphatic heterocycles. The third kappa shape index (κ3) is 6.59. The van der Waals surface area contributed by atoms with Crippen LogP contribution in [0.5, 0.6) is 0 Å². The van der Waals surface area contributed by atoms with E-state index in [1.807, 2.05) is 23.3 Å². The van der Waals surface area contributed by atoms with E-state index < -0.39 is 5.97 Å². The lowest BCUT2D eigenvalue weighted by molar-refractivity contribution is -0.139. The monoisotopic (exact) mass is 395 g/mol. The van der Waals surface area contributed by atoms with Crippen molar-refractivity contribution in [2.75, 3.05) is 32.7 Å². The Morgan fingerprint density at radius 3 is 2.52 bits per heavy atom. The number of hydrogen-bond acceptors (Lipinski definition) is 5. The first-order chi connectivity index (χ1) is 12.7. The van der Waals surface area contributed by atoms with Crippen molar-refractivity contribution in [3.63, 3.8) is 0 Å². The van der Waals surface area contributed by atoms with E-state index in [0.717, 1.165) is 32.5 Å². The average Bonchev–Trinajstić information content (AvgIpc) is 3.11. The lowest BCUT2D eigenvalue weighted by Crippen LogP contribution is -2.49. The zero-order valence-corrected chi connectivity index (χ0v) is 17.7. The Balaban J connectivity index is 1.85. The van der Waals surface area contributed by atoms with Crippen LogP contribution in [0.15, 0.2) is 17.5 Å². The van der Waals surface area contributed by atoms with E-state index >= 15 is 0 Å². The van der Waals surface area contributed by atoms with E-state index in [0.29, 0.717) is 12.6 Å². The molecule has 0 aliphatic carbocycles. The summed E-state index contributed by atoms with van der Waals surface area (Å²) < 4.78 is 0. The normalized spacial score (nSPS) is 17.8. The number of piperidine rings is 1. The molecule has 1 unspecified atom stereocenters. The van der Waals surface area contributed by atoms with Gasteiger partial charge >= 0.3 is 5.97 Å². The van der Waals surface area contributed by atoms with Crippen LogP contribution in [-0.2, 0) is 9.59 Å². The lowest BCUT2D eigenvalue weighted by atomic mass is 9.85. The van der Waals surface area contributed by atoms with Gasteiger partial charge in [-0.15, -0.1) is 11.3 Å². The number of carboxylic acid groups (broad SMARTS) is 1. The Morgan fingerprint density at radius 2 is 2.04 bits per heavy atom. The summed E-state index contributed by atoms with van der Waals surface area (Å²) in [5.74, 6) is -0.722. The van der Waals surface area contributed by atoms with Crippen LogP contribution >= 0.6 is 11.3 Å². The summed E-state index contributed by atoms with van der Waals surface area (Å²) in [5, 5.41) is 14.3. The minimum Gasteiger partial charge on any atom is -0.480 e. The summed E-state index contributed by atoms with van der Waals surface area (Å²) in [7, 11) is 0. The Labute approximate surface area is 166 Å². The van der Waals surface area contributed by atoms with Crippen molar-refractivity contribution < 1.29 is 14.7 Å². The van der Waals surface area contributed by atoms with Crippen molar-refractivity contribution in [2.45, 2.75) is 52.6 Å². The Hall–Kier alpha value is -1.44. The van der Waals surface area contributed by atoms with Gasteiger partial charge in [0, 0.05) is 24.0 Å². The Morgan fingerprint density at radius 1 is 1.37 bits per heavy atom. The van der Waals surface area contributed by atoms with Gasteiger partial charge in [0.2, 0.25) is 5.91 Å². The lowest BCUT2D eigenvalue weighted by Gasteiger charge is -2.37. The molecule has 1 aromatic rings. The van der Waals surface area contributed by atoms with Gasteiger partial charge in [-0.05, 0) is 36.2 Å². The number of likely N-dealkylation sites (N-methyl/N-ethyl adjacent to an activating group) is 1. The van der Waals surface area contributed by atoms with Crippen LogP contribution in [0.25, 0.3) is 0 Å². The second kappa shape index (κ2) is 9.66. The molecule has 0 spiro atoms. The molecular weight excluding hydrogens is 362 g/mol. The molecule has 2 heterocycles. The van der Waals surface area contributed by atoms with Crippen molar-refractivity contribution in [3.8, 4) is 0 Å². The zero-order chi connectivity index (χ0) is 20.0. The second-order valence-corrected chi connectivity index (χ2v) is 9.33.